The highest BCUT2D eigenvalue weighted by atomic mass is 16.5. The normalized spacial score (nSPS) is 18.2. The Morgan fingerprint density at radius 1 is 1.15 bits per heavy atom. The van der Waals surface area contributed by atoms with Crippen LogP contribution in [0.5, 0.6) is 5.75 Å². The van der Waals surface area contributed by atoms with E-state index >= 15 is 0 Å². The summed E-state index contributed by atoms with van der Waals surface area (Å²) in [7, 11) is 3.64. The maximum atomic E-state index is 13.1. The minimum absolute atomic E-state index is 0.00971. The van der Waals surface area contributed by atoms with Crippen LogP contribution in [0.3, 0.4) is 0 Å². The van der Waals surface area contributed by atoms with Crippen molar-refractivity contribution in [3.63, 3.8) is 0 Å². The van der Waals surface area contributed by atoms with Crippen molar-refractivity contribution < 1.29 is 24.2 Å². The Balaban J connectivity index is 1.87. The highest BCUT2D eigenvalue weighted by Crippen LogP contribution is 2.42. The fraction of sp³-hybridized carbons (Fsp3) is 0.385. The minimum atomic E-state index is -0.852. The van der Waals surface area contributed by atoms with Gasteiger partial charge in [0.2, 0.25) is 0 Å². The number of hydrogen-bond donors (Lipinski definition) is 1. The molecule has 0 spiro atoms. The van der Waals surface area contributed by atoms with Crippen LogP contribution >= 0.6 is 0 Å². The maximum absolute atomic E-state index is 13.1. The zero-order valence-corrected chi connectivity index (χ0v) is 19.3. The van der Waals surface area contributed by atoms with Crippen LogP contribution in [-0.2, 0) is 34.3 Å². The third-order valence-corrected chi connectivity index (χ3v) is 6.47. The number of fused-ring (bicyclic) bond motifs is 3. The molecule has 4 rings (SSSR count). The van der Waals surface area contributed by atoms with Gasteiger partial charge in [-0.3, -0.25) is 14.5 Å². The molecule has 0 saturated carbocycles. The minimum Gasteiger partial charge on any atom is -0.497 e. The maximum Gasteiger partial charge on any atom is 0.323 e. The molecule has 0 saturated heterocycles. The lowest BCUT2D eigenvalue weighted by molar-refractivity contribution is -0.151. The summed E-state index contributed by atoms with van der Waals surface area (Å²) < 4.78 is 13.0. The van der Waals surface area contributed by atoms with Gasteiger partial charge in [0.1, 0.15) is 11.8 Å². The molecule has 2 atom stereocenters. The fourth-order valence-electron chi connectivity index (χ4n) is 5.00. The number of aromatic nitrogens is 1. The van der Waals surface area contributed by atoms with Crippen LogP contribution in [-0.4, -0.2) is 46.3 Å². The van der Waals surface area contributed by atoms with Crippen LogP contribution in [0.4, 0.5) is 0 Å². The summed E-state index contributed by atoms with van der Waals surface area (Å²) in [5, 5.41) is 10.5. The van der Waals surface area contributed by atoms with E-state index in [4.69, 9.17) is 9.47 Å². The predicted octanol–water partition coefficient (Wildman–Crippen LogP) is 4.08. The van der Waals surface area contributed by atoms with Gasteiger partial charge in [-0.25, -0.2) is 0 Å². The molecule has 0 aliphatic carbocycles. The van der Waals surface area contributed by atoms with Crippen LogP contribution in [0.2, 0.25) is 0 Å². The number of aryl methyl sites for hydroxylation is 1. The SMILES string of the molecule is CCOC(=O)[C@H]1Cc2c(n(C)c3cc(OC)ccc23)[C@H](CCC(=O)O)N1Cc1ccccc1. The molecule has 2 aromatic carbocycles. The van der Waals surface area contributed by atoms with E-state index in [2.05, 4.69) is 9.47 Å². The van der Waals surface area contributed by atoms with Crippen molar-refractivity contribution in [3.8, 4) is 5.75 Å². The second-order valence-corrected chi connectivity index (χ2v) is 8.38. The van der Waals surface area contributed by atoms with Gasteiger partial charge in [0.05, 0.1) is 25.3 Å². The van der Waals surface area contributed by atoms with Gasteiger partial charge >= 0.3 is 11.9 Å². The number of methoxy groups -OCH3 is 1. The summed E-state index contributed by atoms with van der Waals surface area (Å²) in [6.07, 6.45) is 0.913. The Morgan fingerprint density at radius 3 is 2.58 bits per heavy atom. The molecule has 0 amide bonds. The van der Waals surface area contributed by atoms with Crippen LogP contribution in [0.15, 0.2) is 48.5 Å². The predicted molar refractivity (Wildman–Crippen MR) is 125 cm³/mol. The topological polar surface area (TPSA) is 81.0 Å². The Hall–Kier alpha value is -3.32. The van der Waals surface area contributed by atoms with Crippen molar-refractivity contribution in [3.05, 3.63) is 65.4 Å². The van der Waals surface area contributed by atoms with E-state index in [0.717, 1.165) is 33.5 Å². The Kier molecular flexibility index (Phi) is 6.70. The van der Waals surface area contributed by atoms with E-state index in [0.29, 0.717) is 26.0 Å². The molecule has 7 nitrogen and oxygen atoms in total. The van der Waals surface area contributed by atoms with Gasteiger partial charge in [-0.2, -0.15) is 0 Å². The number of nitrogens with zero attached hydrogens (tertiary/aromatic N) is 2. The molecule has 0 bridgehead atoms. The van der Waals surface area contributed by atoms with E-state index in [9.17, 15) is 14.7 Å². The van der Waals surface area contributed by atoms with Crippen molar-refractivity contribution in [1.29, 1.82) is 0 Å². The first kappa shape index (κ1) is 22.9. The van der Waals surface area contributed by atoms with Crippen molar-refractivity contribution in [2.45, 2.75) is 44.8 Å². The van der Waals surface area contributed by atoms with Crippen LogP contribution < -0.4 is 4.74 Å². The third kappa shape index (κ3) is 4.46. The number of carboxylic acid groups (broad SMARTS) is 1. The van der Waals surface area contributed by atoms with Crippen LogP contribution in [0, 0.1) is 0 Å². The zero-order chi connectivity index (χ0) is 23.5. The summed E-state index contributed by atoms with van der Waals surface area (Å²) in [5.74, 6) is -0.370. The first-order valence-corrected chi connectivity index (χ1v) is 11.3. The van der Waals surface area contributed by atoms with Crippen molar-refractivity contribution in [2.75, 3.05) is 13.7 Å². The molecule has 1 aliphatic rings. The molecular formula is C26H30N2O5. The number of ether oxygens (including phenoxy) is 2. The Labute approximate surface area is 193 Å². The number of esters is 1. The molecule has 1 aliphatic heterocycles. The van der Waals surface area contributed by atoms with E-state index in [-0.39, 0.29) is 18.4 Å². The number of carbonyl (C=O) groups excluding carboxylic acids is 1. The van der Waals surface area contributed by atoms with E-state index in [1.165, 1.54) is 0 Å². The van der Waals surface area contributed by atoms with E-state index in [1.807, 2.05) is 55.6 Å². The lowest BCUT2D eigenvalue weighted by Gasteiger charge is -2.41. The second kappa shape index (κ2) is 9.67. The lowest BCUT2D eigenvalue weighted by atomic mass is 9.88. The van der Waals surface area contributed by atoms with Gasteiger partial charge in [-0.1, -0.05) is 30.3 Å². The summed E-state index contributed by atoms with van der Waals surface area (Å²) in [4.78, 5) is 26.8. The number of rotatable bonds is 8. The van der Waals surface area contributed by atoms with Gasteiger partial charge in [0.25, 0.3) is 0 Å². The Bertz CT molecular complexity index is 1150. The third-order valence-electron chi connectivity index (χ3n) is 6.47. The summed E-state index contributed by atoms with van der Waals surface area (Å²) >= 11 is 0. The molecule has 0 fully saturated rings. The van der Waals surface area contributed by atoms with Gasteiger partial charge in [-0.15, -0.1) is 0 Å². The molecule has 0 unspecified atom stereocenters. The van der Waals surface area contributed by atoms with Gasteiger partial charge < -0.3 is 19.1 Å². The molecular weight excluding hydrogens is 420 g/mol. The number of aliphatic carboxylic acids is 1. The van der Waals surface area contributed by atoms with Crippen molar-refractivity contribution in [2.24, 2.45) is 7.05 Å². The molecule has 174 valence electrons. The number of benzene rings is 2. The molecule has 3 aromatic rings. The summed E-state index contributed by atoms with van der Waals surface area (Å²) in [6, 6.07) is 15.1. The summed E-state index contributed by atoms with van der Waals surface area (Å²) in [6.45, 7) is 2.63. The summed E-state index contributed by atoms with van der Waals surface area (Å²) in [5.41, 5.74) is 4.20. The van der Waals surface area contributed by atoms with Gasteiger partial charge in [0.15, 0.2) is 0 Å². The smallest absolute Gasteiger partial charge is 0.323 e. The number of hydrogen-bond acceptors (Lipinski definition) is 5. The number of carbonyl (C=O) groups is 2. The molecule has 1 N–H and O–H groups in total. The highest BCUT2D eigenvalue weighted by Gasteiger charge is 2.41. The van der Waals surface area contributed by atoms with E-state index in [1.54, 1.807) is 14.0 Å². The molecule has 0 radical (unpaired) electrons. The van der Waals surface area contributed by atoms with Crippen molar-refractivity contribution >= 4 is 22.8 Å². The average Bonchev–Trinajstić information content (AvgIpc) is 3.09. The largest absolute Gasteiger partial charge is 0.497 e. The quantitative estimate of drug-likeness (QED) is 0.521. The van der Waals surface area contributed by atoms with Crippen molar-refractivity contribution in [1.82, 2.24) is 9.47 Å². The molecule has 2 heterocycles. The highest BCUT2D eigenvalue weighted by molar-refractivity contribution is 5.89. The monoisotopic (exact) mass is 450 g/mol. The van der Waals surface area contributed by atoms with E-state index < -0.39 is 12.0 Å². The zero-order valence-electron chi connectivity index (χ0n) is 19.3. The lowest BCUT2D eigenvalue weighted by Crippen LogP contribution is -2.49. The second-order valence-electron chi connectivity index (χ2n) is 8.38. The fourth-order valence-corrected chi connectivity index (χ4v) is 5.00. The molecule has 33 heavy (non-hydrogen) atoms. The van der Waals surface area contributed by atoms with Crippen LogP contribution in [0.25, 0.3) is 10.9 Å². The molecule has 1 aromatic heterocycles. The van der Waals surface area contributed by atoms with Crippen LogP contribution in [0.1, 0.15) is 42.6 Å². The number of carboxylic acids is 1. The average molecular weight is 451 g/mol. The first-order valence-electron chi connectivity index (χ1n) is 11.3. The first-order chi connectivity index (χ1) is 15.9. The van der Waals surface area contributed by atoms with Gasteiger partial charge in [0, 0.05) is 43.6 Å². The standard InChI is InChI=1S/C26H30N2O5/c1-4-33-26(31)23-15-20-19-11-10-18(32-3)14-22(19)27(2)25(20)21(12-13-24(29)30)28(23)16-17-8-6-5-7-9-17/h5-11,14,21,23H,4,12-13,15-16H2,1-3H3,(H,29,30)/t21-,23+/m0/s1. The van der Waals surface area contributed by atoms with Gasteiger partial charge in [-0.05, 0) is 36.6 Å². The molecule has 7 heteroatoms. The Morgan fingerprint density at radius 2 is 1.91 bits per heavy atom.